The second-order valence-corrected chi connectivity index (χ2v) is 1.50. The number of carboxylic acids is 1. The Morgan fingerprint density at radius 1 is 1.44 bits per heavy atom. The summed E-state index contributed by atoms with van der Waals surface area (Å²) in [6.45, 7) is 1.98. The minimum Gasteiger partial charge on any atom is -0.481 e. The number of rotatable bonds is 3. The van der Waals surface area contributed by atoms with Crippen LogP contribution in [0.25, 0.3) is 0 Å². The smallest absolute Gasteiger partial charge is 0.303 e. The van der Waals surface area contributed by atoms with Gasteiger partial charge in [-0.3, -0.25) is 4.79 Å². The standard InChI is InChI=1S/C5H10O2.2H2O/c1-2-3-4-5(6)7;;/h2-4H2,1H3,(H,6,7);2*1H2. The van der Waals surface area contributed by atoms with Crippen molar-refractivity contribution in [3.05, 3.63) is 0 Å². The van der Waals surface area contributed by atoms with Crippen LogP contribution in [0.1, 0.15) is 26.2 Å². The third-order valence-electron chi connectivity index (χ3n) is 0.744. The summed E-state index contributed by atoms with van der Waals surface area (Å²) in [5, 5.41) is 8.04. The summed E-state index contributed by atoms with van der Waals surface area (Å²) in [6.07, 6.45) is 2.08. The molecule has 0 aromatic heterocycles. The van der Waals surface area contributed by atoms with Crippen LogP contribution in [0.2, 0.25) is 0 Å². The van der Waals surface area contributed by atoms with Crippen molar-refractivity contribution >= 4 is 5.97 Å². The van der Waals surface area contributed by atoms with Crippen molar-refractivity contribution in [2.75, 3.05) is 0 Å². The van der Waals surface area contributed by atoms with Crippen molar-refractivity contribution < 1.29 is 20.9 Å². The molecular weight excluding hydrogens is 124 g/mol. The molecule has 0 fully saturated rings. The summed E-state index contributed by atoms with van der Waals surface area (Å²) in [7, 11) is 0. The average Bonchev–Trinajstić information content (AvgIpc) is 1.61. The van der Waals surface area contributed by atoms with Gasteiger partial charge in [0.2, 0.25) is 0 Å². The van der Waals surface area contributed by atoms with Gasteiger partial charge >= 0.3 is 5.97 Å². The molecule has 0 spiro atoms. The highest BCUT2D eigenvalue weighted by molar-refractivity contribution is 5.66. The van der Waals surface area contributed by atoms with E-state index in [4.69, 9.17) is 5.11 Å². The minimum atomic E-state index is -0.693. The Labute approximate surface area is 54.1 Å². The zero-order valence-corrected chi connectivity index (χ0v) is 5.48. The number of carbonyl (C=O) groups is 1. The van der Waals surface area contributed by atoms with E-state index in [1.54, 1.807) is 0 Å². The summed E-state index contributed by atoms with van der Waals surface area (Å²) >= 11 is 0. The molecule has 0 radical (unpaired) electrons. The normalized spacial score (nSPS) is 6.78. The molecule has 0 saturated carbocycles. The maximum absolute atomic E-state index is 9.76. The molecule has 0 aromatic carbocycles. The van der Waals surface area contributed by atoms with E-state index in [0.29, 0.717) is 6.42 Å². The Hall–Kier alpha value is -0.610. The molecule has 5 N–H and O–H groups in total. The first kappa shape index (κ1) is 15.8. The molecule has 0 aromatic rings. The summed E-state index contributed by atoms with van der Waals surface area (Å²) in [4.78, 5) is 9.76. The molecule has 0 heterocycles. The van der Waals surface area contributed by atoms with Crippen molar-refractivity contribution in [1.82, 2.24) is 0 Å². The van der Waals surface area contributed by atoms with Crippen LogP contribution in [0.15, 0.2) is 0 Å². The van der Waals surface area contributed by atoms with E-state index in [9.17, 15) is 4.79 Å². The molecule has 4 heteroatoms. The SMILES string of the molecule is CCCCC(=O)O.O.O. The third-order valence-corrected chi connectivity index (χ3v) is 0.744. The van der Waals surface area contributed by atoms with Crippen molar-refractivity contribution in [3.63, 3.8) is 0 Å². The van der Waals surface area contributed by atoms with E-state index in [-0.39, 0.29) is 11.0 Å². The molecule has 0 bridgehead atoms. The van der Waals surface area contributed by atoms with Crippen LogP contribution >= 0.6 is 0 Å². The average molecular weight is 138 g/mol. The number of carboxylic acid groups (broad SMARTS) is 1. The van der Waals surface area contributed by atoms with Gasteiger partial charge in [-0.15, -0.1) is 0 Å². The van der Waals surface area contributed by atoms with Gasteiger partial charge in [0, 0.05) is 6.42 Å². The molecule has 0 saturated heterocycles. The molecule has 0 rings (SSSR count). The number of aliphatic carboxylic acids is 1. The topological polar surface area (TPSA) is 100 Å². The lowest BCUT2D eigenvalue weighted by molar-refractivity contribution is -0.137. The van der Waals surface area contributed by atoms with Crippen molar-refractivity contribution in [3.8, 4) is 0 Å². The quantitative estimate of drug-likeness (QED) is 0.574. The van der Waals surface area contributed by atoms with Gasteiger partial charge in [0.1, 0.15) is 0 Å². The molecule has 0 unspecified atom stereocenters. The first-order valence-corrected chi connectivity index (χ1v) is 2.49. The summed E-state index contributed by atoms with van der Waals surface area (Å²) in [5.41, 5.74) is 0. The maximum Gasteiger partial charge on any atom is 0.303 e. The lowest BCUT2D eigenvalue weighted by atomic mass is 10.3. The summed E-state index contributed by atoms with van der Waals surface area (Å²) < 4.78 is 0. The zero-order chi connectivity index (χ0) is 5.70. The largest absolute Gasteiger partial charge is 0.481 e. The Morgan fingerprint density at radius 3 is 2.00 bits per heavy atom. The molecule has 0 aliphatic heterocycles. The summed E-state index contributed by atoms with van der Waals surface area (Å²) in [6, 6.07) is 0. The zero-order valence-electron chi connectivity index (χ0n) is 5.48. The Balaban J connectivity index is -0.000000180. The van der Waals surface area contributed by atoms with Crippen LogP contribution in [-0.2, 0) is 4.79 Å². The van der Waals surface area contributed by atoms with Gasteiger partial charge in [-0.2, -0.15) is 0 Å². The lowest BCUT2D eigenvalue weighted by Gasteiger charge is -1.85. The van der Waals surface area contributed by atoms with Crippen LogP contribution in [0.5, 0.6) is 0 Å². The van der Waals surface area contributed by atoms with E-state index < -0.39 is 5.97 Å². The van der Waals surface area contributed by atoms with Crippen LogP contribution < -0.4 is 0 Å². The van der Waals surface area contributed by atoms with Crippen molar-refractivity contribution in [1.29, 1.82) is 0 Å². The van der Waals surface area contributed by atoms with Gasteiger partial charge in [0.05, 0.1) is 0 Å². The Morgan fingerprint density at radius 2 is 1.89 bits per heavy atom. The van der Waals surface area contributed by atoms with Crippen LogP contribution in [-0.4, -0.2) is 22.0 Å². The minimum absolute atomic E-state index is 0. The van der Waals surface area contributed by atoms with Crippen LogP contribution in [0, 0.1) is 0 Å². The van der Waals surface area contributed by atoms with Gasteiger partial charge in [-0.25, -0.2) is 0 Å². The van der Waals surface area contributed by atoms with Gasteiger partial charge in [0.15, 0.2) is 0 Å². The molecular formula is C5H14O4. The molecule has 4 nitrogen and oxygen atoms in total. The second-order valence-electron chi connectivity index (χ2n) is 1.50. The number of unbranched alkanes of at least 4 members (excludes halogenated alkanes) is 1. The number of hydrogen-bond donors (Lipinski definition) is 1. The predicted molar refractivity (Wildman–Crippen MR) is 34.4 cm³/mol. The monoisotopic (exact) mass is 138 g/mol. The van der Waals surface area contributed by atoms with E-state index in [0.717, 1.165) is 12.8 Å². The van der Waals surface area contributed by atoms with E-state index in [2.05, 4.69) is 0 Å². The fraction of sp³-hybridized carbons (Fsp3) is 0.800. The Bertz CT molecular complexity index is 62.0. The van der Waals surface area contributed by atoms with Crippen LogP contribution in [0.3, 0.4) is 0 Å². The molecule has 9 heavy (non-hydrogen) atoms. The first-order valence-electron chi connectivity index (χ1n) is 2.49. The predicted octanol–water partition coefficient (Wildman–Crippen LogP) is -0.388. The number of hydrogen-bond acceptors (Lipinski definition) is 1. The fourth-order valence-electron chi connectivity index (χ4n) is 0.328. The van der Waals surface area contributed by atoms with E-state index in [1.165, 1.54) is 0 Å². The molecule has 0 aliphatic carbocycles. The highest BCUT2D eigenvalue weighted by atomic mass is 16.4. The first-order chi connectivity index (χ1) is 3.27. The molecule has 0 amide bonds. The lowest BCUT2D eigenvalue weighted by Crippen LogP contribution is -1.91. The van der Waals surface area contributed by atoms with Crippen LogP contribution in [0.4, 0.5) is 0 Å². The van der Waals surface area contributed by atoms with Gasteiger partial charge in [-0.1, -0.05) is 13.3 Å². The maximum atomic E-state index is 9.76. The Kier molecular flexibility index (Phi) is 18.2. The highest BCUT2D eigenvalue weighted by Gasteiger charge is 1.90. The summed E-state index contributed by atoms with van der Waals surface area (Å²) in [5.74, 6) is -0.693. The van der Waals surface area contributed by atoms with Gasteiger partial charge < -0.3 is 16.1 Å². The highest BCUT2D eigenvalue weighted by Crippen LogP contribution is 1.91. The fourth-order valence-corrected chi connectivity index (χ4v) is 0.328. The molecule has 0 atom stereocenters. The van der Waals surface area contributed by atoms with E-state index >= 15 is 0 Å². The van der Waals surface area contributed by atoms with Crippen molar-refractivity contribution in [2.45, 2.75) is 26.2 Å². The van der Waals surface area contributed by atoms with Gasteiger partial charge in [-0.05, 0) is 6.42 Å². The van der Waals surface area contributed by atoms with Gasteiger partial charge in [0.25, 0.3) is 0 Å². The third kappa shape index (κ3) is 18.7. The molecule has 0 aliphatic rings. The second kappa shape index (κ2) is 10.4. The van der Waals surface area contributed by atoms with E-state index in [1.807, 2.05) is 6.92 Å². The molecule has 58 valence electrons. The van der Waals surface area contributed by atoms with Crippen molar-refractivity contribution in [2.24, 2.45) is 0 Å².